The first-order valence-electron chi connectivity index (χ1n) is 14.7. The van der Waals surface area contributed by atoms with Crippen LogP contribution in [0.4, 0.5) is 11.5 Å². The fraction of sp³-hybridized carbons (Fsp3) is 0.364. The molecule has 44 heavy (non-hydrogen) atoms. The lowest BCUT2D eigenvalue weighted by atomic mass is 9.50. The molecule has 0 unspecified atom stereocenters. The van der Waals surface area contributed by atoms with E-state index in [9.17, 15) is 15.3 Å². The van der Waals surface area contributed by atoms with Crippen molar-refractivity contribution in [2.24, 2.45) is 18.4 Å². The van der Waals surface area contributed by atoms with Gasteiger partial charge >= 0.3 is 0 Å². The number of fused-ring (bicyclic) bond motifs is 2. The van der Waals surface area contributed by atoms with E-state index in [2.05, 4.69) is 63.8 Å². The molecule has 1 aromatic carbocycles. The maximum atomic E-state index is 13.1. The molecule has 0 saturated heterocycles. The standard InChI is InChI=1S/C33H32N10O/c1-32(2,3)18-37-28-20(14-34)16-36-29-24(28)10-27(38-25(29)15-35)39-30(26-17-43(41-40-26)33-11-19(12-33)13-33)22-6-5-7-23-21(22)8-9-42(4)31(23)44/h5-10,16-17,19,30H,11-13,18H2,1-4H3,(H,36,37)(H,38,39)/t19?,30-,33?/m0/s1. The fourth-order valence-electron chi connectivity index (χ4n) is 6.44. The molecule has 3 saturated carbocycles. The Kier molecular flexibility index (Phi) is 6.19. The molecule has 1 atom stereocenters. The van der Waals surface area contributed by atoms with Gasteiger partial charge in [0.25, 0.3) is 5.56 Å². The summed E-state index contributed by atoms with van der Waals surface area (Å²) in [6, 6.07) is 13.3. The SMILES string of the molecule is Cn1ccc2c([C@H](Nc3cc4c(NCC(C)(C)C)c(C#N)cnc4c(C#N)n3)c3cn(C45CC(C4)C5)nn3)cccc2c1=O. The molecular formula is C33H32N10O. The van der Waals surface area contributed by atoms with E-state index in [1.54, 1.807) is 17.8 Å². The van der Waals surface area contributed by atoms with Crippen LogP contribution in [0.5, 0.6) is 0 Å². The molecule has 0 radical (unpaired) electrons. The molecular weight excluding hydrogens is 552 g/mol. The van der Waals surface area contributed by atoms with E-state index >= 15 is 0 Å². The lowest BCUT2D eigenvalue weighted by Crippen LogP contribution is -2.59. The van der Waals surface area contributed by atoms with Gasteiger partial charge in [-0.3, -0.25) is 9.78 Å². The van der Waals surface area contributed by atoms with Crippen LogP contribution in [0.25, 0.3) is 21.7 Å². The second-order valence-corrected chi connectivity index (χ2v) is 13.3. The third-order valence-corrected chi connectivity index (χ3v) is 8.93. The van der Waals surface area contributed by atoms with Crippen molar-refractivity contribution in [3.8, 4) is 12.1 Å². The summed E-state index contributed by atoms with van der Waals surface area (Å²) in [4.78, 5) is 22.2. The minimum atomic E-state index is -0.540. The molecule has 0 aliphatic heterocycles. The predicted octanol–water partition coefficient (Wildman–Crippen LogP) is 4.99. The van der Waals surface area contributed by atoms with Crippen LogP contribution in [-0.4, -0.2) is 36.1 Å². The highest BCUT2D eigenvalue weighted by molar-refractivity contribution is 5.97. The number of nitriles is 2. The average Bonchev–Trinajstić information content (AvgIpc) is 3.43. The van der Waals surface area contributed by atoms with E-state index in [4.69, 9.17) is 0 Å². The molecule has 3 fully saturated rings. The van der Waals surface area contributed by atoms with Crippen molar-refractivity contribution in [3.05, 3.63) is 81.8 Å². The van der Waals surface area contributed by atoms with Gasteiger partial charge in [-0.2, -0.15) is 10.5 Å². The monoisotopic (exact) mass is 584 g/mol. The number of pyridine rings is 3. The Bertz CT molecular complexity index is 2090. The summed E-state index contributed by atoms with van der Waals surface area (Å²) < 4.78 is 3.55. The summed E-state index contributed by atoms with van der Waals surface area (Å²) in [7, 11) is 1.73. The number of aromatic nitrogens is 6. The van der Waals surface area contributed by atoms with Crippen molar-refractivity contribution in [1.82, 2.24) is 29.5 Å². The van der Waals surface area contributed by atoms with E-state index in [0.717, 1.165) is 36.1 Å². The number of benzene rings is 1. The second-order valence-electron chi connectivity index (χ2n) is 13.3. The number of nitrogens with one attached hydrogen (secondary N) is 2. The molecule has 11 nitrogen and oxygen atoms in total. The highest BCUT2D eigenvalue weighted by Gasteiger charge is 2.59. The van der Waals surface area contributed by atoms with E-state index < -0.39 is 6.04 Å². The largest absolute Gasteiger partial charge is 0.383 e. The van der Waals surface area contributed by atoms with Crippen LogP contribution in [0.3, 0.4) is 0 Å². The molecule has 4 heterocycles. The van der Waals surface area contributed by atoms with Gasteiger partial charge in [-0.15, -0.1) is 5.10 Å². The zero-order valence-electron chi connectivity index (χ0n) is 25.1. The van der Waals surface area contributed by atoms with E-state index in [0.29, 0.717) is 45.6 Å². The van der Waals surface area contributed by atoms with Gasteiger partial charge in [-0.25, -0.2) is 9.67 Å². The van der Waals surface area contributed by atoms with Crippen molar-refractivity contribution >= 4 is 33.2 Å². The molecule has 0 amide bonds. The molecule has 220 valence electrons. The van der Waals surface area contributed by atoms with Crippen molar-refractivity contribution in [1.29, 1.82) is 10.5 Å². The molecule has 8 rings (SSSR count). The first-order chi connectivity index (χ1) is 21.1. The number of aryl methyl sites for hydroxylation is 1. The normalized spacial score (nSPS) is 19.5. The molecule has 4 aromatic heterocycles. The molecule has 5 aromatic rings. The van der Waals surface area contributed by atoms with E-state index in [1.807, 2.05) is 41.2 Å². The first-order valence-corrected chi connectivity index (χ1v) is 14.7. The number of anilines is 2. The average molecular weight is 585 g/mol. The minimum Gasteiger partial charge on any atom is -0.383 e. The van der Waals surface area contributed by atoms with Gasteiger partial charge in [0.15, 0.2) is 5.69 Å². The molecule has 0 spiro atoms. The maximum Gasteiger partial charge on any atom is 0.258 e. The Morgan fingerprint density at radius 2 is 1.91 bits per heavy atom. The van der Waals surface area contributed by atoms with Crippen LogP contribution >= 0.6 is 0 Å². The predicted molar refractivity (Wildman–Crippen MR) is 167 cm³/mol. The van der Waals surface area contributed by atoms with Crippen molar-refractivity contribution < 1.29 is 0 Å². The van der Waals surface area contributed by atoms with Crippen LogP contribution in [0.1, 0.15) is 68.6 Å². The Hall–Kier alpha value is -5.29. The highest BCUT2D eigenvalue weighted by atomic mass is 16.1. The second kappa shape index (κ2) is 9.88. The number of hydrogen-bond donors (Lipinski definition) is 2. The first kappa shape index (κ1) is 27.5. The molecule has 2 bridgehead atoms. The molecule has 3 aliphatic rings. The maximum absolute atomic E-state index is 13.1. The lowest BCUT2D eigenvalue weighted by molar-refractivity contribution is -0.0989. The third kappa shape index (κ3) is 4.44. The lowest BCUT2D eigenvalue weighted by Gasteiger charge is -2.61. The smallest absolute Gasteiger partial charge is 0.258 e. The van der Waals surface area contributed by atoms with Gasteiger partial charge < -0.3 is 15.2 Å². The highest BCUT2D eigenvalue weighted by Crippen LogP contribution is 2.62. The summed E-state index contributed by atoms with van der Waals surface area (Å²) in [5.41, 5.74) is 2.94. The van der Waals surface area contributed by atoms with Crippen LogP contribution in [0.2, 0.25) is 0 Å². The topological polar surface area (TPSA) is 150 Å². The van der Waals surface area contributed by atoms with Crippen LogP contribution in [0.15, 0.2) is 53.7 Å². The summed E-state index contributed by atoms with van der Waals surface area (Å²) in [6.45, 7) is 6.92. The van der Waals surface area contributed by atoms with Crippen LogP contribution in [-0.2, 0) is 12.6 Å². The summed E-state index contributed by atoms with van der Waals surface area (Å²) in [6.07, 6.45) is 8.59. The number of nitrogens with zero attached hydrogens (tertiary/aromatic N) is 8. The van der Waals surface area contributed by atoms with Gasteiger partial charge in [0.1, 0.15) is 29.2 Å². The summed E-state index contributed by atoms with van der Waals surface area (Å²) in [5.74, 6) is 1.20. The Balaban J connectivity index is 1.39. The van der Waals surface area contributed by atoms with Crippen LogP contribution < -0.4 is 16.2 Å². The zero-order chi connectivity index (χ0) is 30.8. The van der Waals surface area contributed by atoms with Crippen LogP contribution in [0, 0.1) is 34.0 Å². The van der Waals surface area contributed by atoms with E-state index in [-0.39, 0.29) is 22.2 Å². The Morgan fingerprint density at radius 3 is 2.59 bits per heavy atom. The quantitative estimate of drug-likeness (QED) is 0.270. The zero-order valence-corrected chi connectivity index (χ0v) is 25.1. The minimum absolute atomic E-state index is 0.0529. The van der Waals surface area contributed by atoms with Gasteiger partial charge in [0, 0.05) is 36.8 Å². The molecule has 11 heteroatoms. The summed E-state index contributed by atoms with van der Waals surface area (Å²) in [5, 5.41) is 38.1. The third-order valence-electron chi connectivity index (χ3n) is 8.93. The molecule has 2 N–H and O–H groups in total. The van der Waals surface area contributed by atoms with Gasteiger partial charge in [-0.1, -0.05) is 38.1 Å². The number of rotatable bonds is 7. The van der Waals surface area contributed by atoms with Crippen molar-refractivity contribution in [3.63, 3.8) is 0 Å². The van der Waals surface area contributed by atoms with Crippen molar-refractivity contribution in [2.45, 2.75) is 51.6 Å². The van der Waals surface area contributed by atoms with Gasteiger partial charge in [-0.05, 0) is 59.7 Å². The van der Waals surface area contributed by atoms with Crippen molar-refractivity contribution in [2.75, 3.05) is 17.2 Å². The van der Waals surface area contributed by atoms with Gasteiger partial charge in [0.2, 0.25) is 0 Å². The van der Waals surface area contributed by atoms with Gasteiger partial charge in [0.05, 0.1) is 29.0 Å². The fourth-order valence-corrected chi connectivity index (χ4v) is 6.44. The summed E-state index contributed by atoms with van der Waals surface area (Å²) >= 11 is 0. The Labute approximate surface area is 254 Å². The number of hydrogen-bond acceptors (Lipinski definition) is 9. The van der Waals surface area contributed by atoms with E-state index in [1.165, 1.54) is 6.20 Å². The molecule has 3 aliphatic carbocycles. The Morgan fingerprint density at radius 1 is 1.11 bits per heavy atom.